The zero-order valence-corrected chi connectivity index (χ0v) is 6.60. The van der Waals surface area contributed by atoms with E-state index in [9.17, 15) is 0 Å². The van der Waals surface area contributed by atoms with E-state index in [4.69, 9.17) is 5.73 Å². The quantitative estimate of drug-likeness (QED) is 0.459. The minimum absolute atomic E-state index is 0.194. The van der Waals surface area contributed by atoms with Gasteiger partial charge in [-0.3, -0.25) is 4.84 Å². The van der Waals surface area contributed by atoms with Crippen LogP contribution in [-0.4, -0.2) is 11.6 Å². The molecule has 1 rings (SSSR count). The summed E-state index contributed by atoms with van der Waals surface area (Å²) in [5, 5.41) is 0. The van der Waals surface area contributed by atoms with Crippen molar-refractivity contribution in [3.8, 4) is 12.3 Å². The fraction of sp³-hybridized carbons (Fsp3) is 0.125. The lowest BCUT2D eigenvalue weighted by Gasteiger charge is -1.82. The Balaban J connectivity index is 0.000000217. The van der Waals surface area contributed by atoms with Gasteiger partial charge in [0.05, 0.1) is 0 Å². The monoisotopic (exact) mass is 165 g/mol. The highest BCUT2D eigenvalue weighted by Gasteiger charge is 1.73. The third-order valence-corrected chi connectivity index (χ3v) is 0.854. The molecule has 0 fully saturated rings. The van der Waals surface area contributed by atoms with E-state index in [1.165, 1.54) is 0 Å². The molecule has 0 aliphatic rings. The van der Waals surface area contributed by atoms with E-state index in [0.29, 0.717) is 5.82 Å². The second-order valence-electron chi connectivity index (χ2n) is 1.77. The van der Waals surface area contributed by atoms with Gasteiger partial charge in [0, 0.05) is 6.20 Å². The number of pyridine rings is 1. The Morgan fingerprint density at radius 2 is 2.33 bits per heavy atom. The standard InChI is InChI=1S/C5H6N2.C3H5NO/c6-5-3-1-2-4-7-5;1-2-3-5-4/h1-4H,(H2,6,7);1H,3-4H2. The Morgan fingerprint density at radius 1 is 1.58 bits per heavy atom. The molecule has 0 aromatic carbocycles. The summed E-state index contributed by atoms with van der Waals surface area (Å²) in [6, 6.07) is 5.43. The summed E-state index contributed by atoms with van der Waals surface area (Å²) in [7, 11) is 0. The average molecular weight is 165 g/mol. The summed E-state index contributed by atoms with van der Waals surface area (Å²) in [4.78, 5) is 7.71. The van der Waals surface area contributed by atoms with Gasteiger partial charge in [0.1, 0.15) is 12.4 Å². The summed E-state index contributed by atoms with van der Waals surface area (Å²) in [6.45, 7) is 0.194. The molecular weight excluding hydrogens is 154 g/mol. The number of aromatic nitrogens is 1. The van der Waals surface area contributed by atoms with Crippen molar-refractivity contribution in [2.75, 3.05) is 12.3 Å². The maximum Gasteiger partial charge on any atom is 0.128 e. The van der Waals surface area contributed by atoms with Crippen LogP contribution >= 0.6 is 0 Å². The molecule has 0 radical (unpaired) electrons. The summed E-state index contributed by atoms with van der Waals surface area (Å²) >= 11 is 0. The molecule has 0 aliphatic heterocycles. The molecule has 0 bridgehead atoms. The lowest BCUT2D eigenvalue weighted by atomic mass is 10.5. The summed E-state index contributed by atoms with van der Waals surface area (Å²) in [6.07, 6.45) is 6.35. The molecule has 1 heterocycles. The SMILES string of the molecule is C#CCON.Nc1ccccn1. The molecule has 0 atom stereocenters. The van der Waals surface area contributed by atoms with Gasteiger partial charge in [0.25, 0.3) is 0 Å². The van der Waals surface area contributed by atoms with Crippen LogP contribution < -0.4 is 11.6 Å². The highest BCUT2D eigenvalue weighted by Crippen LogP contribution is 1.89. The highest BCUT2D eigenvalue weighted by molar-refractivity contribution is 5.25. The molecule has 0 saturated heterocycles. The molecule has 0 aliphatic carbocycles. The minimum Gasteiger partial charge on any atom is -0.384 e. The van der Waals surface area contributed by atoms with Crippen LogP contribution in [0.5, 0.6) is 0 Å². The van der Waals surface area contributed by atoms with Crippen molar-refractivity contribution in [1.82, 2.24) is 4.98 Å². The van der Waals surface area contributed by atoms with E-state index >= 15 is 0 Å². The van der Waals surface area contributed by atoms with E-state index in [1.807, 2.05) is 12.1 Å². The molecule has 1 aromatic heterocycles. The summed E-state index contributed by atoms with van der Waals surface area (Å²) in [5.41, 5.74) is 5.25. The zero-order valence-electron chi connectivity index (χ0n) is 6.60. The molecule has 0 spiro atoms. The number of rotatable bonds is 1. The van der Waals surface area contributed by atoms with E-state index < -0.39 is 0 Å². The van der Waals surface area contributed by atoms with Crippen molar-refractivity contribution in [3.63, 3.8) is 0 Å². The van der Waals surface area contributed by atoms with Crippen LogP contribution in [0.3, 0.4) is 0 Å². The minimum atomic E-state index is 0.194. The fourth-order valence-electron chi connectivity index (χ4n) is 0.424. The Hall–Kier alpha value is -1.57. The van der Waals surface area contributed by atoms with E-state index in [1.54, 1.807) is 12.3 Å². The number of nitrogen functional groups attached to an aromatic ring is 1. The molecular formula is C8H11N3O. The maximum absolute atomic E-state index is 5.25. The molecule has 1 aromatic rings. The van der Waals surface area contributed by atoms with Crippen molar-refractivity contribution in [3.05, 3.63) is 24.4 Å². The van der Waals surface area contributed by atoms with Crippen LogP contribution in [0.4, 0.5) is 5.82 Å². The maximum atomic E-state index is 5.25. The van der Waals surface area contributed by atoms with Gasteiger partial charge in [-0.2, -0.15) is 0 Å². The molecule has 12 heavy (non-hydrogen) atoms. The Labute approximate surface area is 71.5 Å². The number of nitrogens with zero attached hydrogens (tertiary/aromatic N) is 1. The van der Waals surface area contributed by atoms with Crippen LogP contribution in [0.1, 0.15) is 0 Å². The molecule has 64 valence electrons. The van der Waals surface area contributed by atoms with Gasteiger partial charge in [0.2, 0.25) is 0 Å². The molecule has 4 heteroatoms. The number of anilines is 1. The number of terminal acetylenes is 1. The third kappa shape index (κ3) is 6.55. The Bertz CT molecular complexity index is 230. The van der Waals surface area contributed by atoms with Crippen LogP contribution in [0.2, 0.25) is 0 Å². The van der Waals surface area contributed by atoms with Crippen molar-refractivity contribution >= 4 is 5.82 Å². The summed E-state index contributed by atoms with van der Waals surface area (Å²) < 4.78 is 0. The van der Waals surface area contributed by atoms with Crippen LogP contribution in [0.15, 0.2) is 24.4 Å². The summed E-state index contributed by atoms with van der Waals surface area (Å²) in [5.74, 6) is 7.24. The molecule has 0 unspecified atom stereocenters. The predicted octanol–water partition coefficient (Wildman–Crippen LogP) is 0.174. The Kier molecular flexibility index (Phi) is 6.55. The van der Waals surface area contributed by atoms with Gasteiger partial charge in [-0.25, -0.2) is 10.9 Å². The van der Waals surface area contributed by atoms with Crippen molar-refractivity contribution in [1.29, 1.82) is 0 Å². The normalized spacial score (nSPS) is 7.67. The Morgan fingerprint density at radius 3 is 2.50 bits per heavy atom. The van der Waals surface area contributed by atoms with Gasteiger partial charge >= 0.3 is 0 Å². The number of nitrogens with two attached hydrogens (primary N) is 2. The van der Waals surface area contributed by atoms with E-state index in [0.717, 1.165) is 0 Å². The first-order valence-corrected chi connectivity index (χ1v) is 3.23. The second-order valence-corrected chi connectivity index (χ2v) is 1.77. The fourth-order valence-corrected chi connectivity index (χ4v) is 0.424. The van der Waals surface area contributed by atoms with Gasteiger partial charge in [0.15, 0.2) is 0 Å². The van der Waals surface area contributed by atoms with Gasteiger partial charge in [-0.05, 0) is 12.1 Å². The lowest BCUT2D eigenvalue weighted by Crippen LogP contribution is -1.96. The smallest absolute Gasteiger partial charge is 0.128 e. The van der Waals surface area contributed by atoms with Gasteiger partial charge in [-0.1, -0.05) is 12.0 Å². The molecule has 0 amide bonds. The van der Waals surface area contributed by atoms with E-state index in [-0.39, 0.29) is 6.61 Å². The second kappa shape index (κ2) is 7.54. The van der Waals surface area contributed by atoms with Gasteiger partial charge < -0.3 is 5.73 Å². The molecule has 0 saturated carbocycles. The van der Waals surface area contributed by atoms with Crippen molar-refractivity contribution in [2.45, 2.75) is 0 Å². The highest BCUT2D eigenvalue weighted by atomic mass is 16.6. The lowest BCUT2D eigenvalue weighted by molar-refractivity contribution is 0.173. The van der Waals surface area contributed by atoms with Crippen molar-refractivity contribution in [2.24, 2.45) is 5.90 Å². The third-order valence-electron chi connectivity index (χ3n) is 0.854. The number of hydrogen-bond donors (Lipinski definition) is 2. The average Bonchev–Trinajstić information content (AvgIpc) is 2.08. The van der Waals surface area contributed by atoms with E-state index in [2.05, 4.69) is 28.1 Å². The topological polar surface area (TPSA) is 74.2 Å². The molecule has 4 nitrogen and oxygen atoms in total. The number of hydrogen-bond acceptors (Lipinski definition) is 4. The van der Waals surface area contributed by atoms with Crippen LogP contribution in [0, 0.1) is 12.3 Å². The van der Waals surface area contributed by atoms with Crippen molar-refractivity contribution < 1.29 is 4.84 Å². The first-order chi connectivity index (χ1) is 5.81. The first-order valence-electron chi connectivity index (χ1n) is 3.23. The van der Waals surface area contributed by atoms with Crippen LogP contribution in [-0.2, 0) is 4.84 Å². The first kappa shape index (κ1) is 10.4. The largest absolute Gasteiger partial charge is 0.384 e. The van der Waals surface area contributed by atoms with Crippen LogP contribution in [0.25, 0.3) is 0 Å². The predicted molar refractivity (Wildman–Crippen MR) is 47.6 cm³/mol. The molecule has 4 N–H and O–H groups in total. The zero-order chi connectivity index (χ0) is 9.23. The van der Waals surface area contributed by atoms with Gasteiger partial charge in [-0.15, -0.1) is 6.42 Å².